The minimum Gasteiger partial charge on any atom is -0.317 e. The van der Waals surface area contributed by atoms with Crippen LogP contribution in [0.4, 0.5) is 10.8 Å². The van der Waals surface area contributed by atoms with Crippen LogP contribution in [0.15, 0.2) is 35.4 Å². The van der Waals surface area contributed by atoms with E-state index in [1.807, 2.05) is 0 Å². The number of sulfonamides is 1. The second-order valence-corrected chi connectivity index (χ2v) is 8.14. The highest BCUT2D eigenvalue weighted by molar-refractivity contribution is 7.93. The standard InChI is InChI=1S/C14H16N4O4S2/c19-18(20)11-3-1-2-4-13(11)24(21,22)17-14-16-9-12(23-14)10-5-7-15-8-6-10/h1-4,9-10,15H,5-8H2,(H,16,17). The van der Waals surface area contributed by atoms with Gasteiger partial charge in [-0.05, 0) is 37.9 Å². The first kappa shape index (κ1) is 16.8. The smallest absolute Gasteiger partial charge is 0.289 e. The van der Waals surface area contributed by atoms with Crippen LogP contribution in [0, 0.1) is 10.1 Å². The molecule has 1 aromatic carbocycles. The fraction of sp³-hybridized carbons (Fsp3) is 0.357. The maximum Gasteiger partial charge on any atom is 0.289 e. The summed E-state index contributed by atoms with van der Waals surface area (Å²) in [6.07, 6.45) is 3.65. The average molecular weight is 368 g/mol. The minimum atomic E-state index is -4.06. The SMILES string of the molecule is O=[N+]([O-])c1ccccc1S(=O)(=O)Nc1ncc(C2CCNCC2)s1. The first-order valence-corrected chi connectivity index (χ1v) is 9.70. The minimum absolute atomic E-state index is 0.224. The molecular weight excluding hydrogens is 352 g/mol. The van der Waals surface area contributed by atoms with Crippen LogP contribution in [0.3, 0.4) is 0 Å². The molecule has 1 aliphatic rings. The molecule has 0 unspecified atom stereocenters. The third-order valence-corrected chi connectivity index (χ3v) is 6.43. The van der Waals surface area contributed by atoms with Gasteiger partial charge in [-0.2, -0.15) is 0 Å². The van der Waals surface area contributed by atoms with Crippen LogP contribution in [0.2, 0.25) is 0 Å². The van der Waals surface area contributed by atoms with Crippen molar-refractivity contribution in [3.8, 4) is 0 Å². The Bertz CT molecular complexity index is 844. The summed E-state index contributed by atoms with van der Waals surface area (Å²) in [5, 5.41) is 14.5. The molecule has 2 N–H and O–H groups in total. The largest absolute Gasteiger partial charge is 0.317 e. The average Bonchev–Trinajstić information content (AvgIpc) is 3.03. The zero-order chi connectivity index (χ0) is 17.2. The summed E-state index contributed by atoms with van der Waals surface area (Å²) in [6, 6.07) is 5.25. The Morgan fingerprint density at radius 2 is 2.00 bits per heavy atom. The third kappa shape index (κ3) is 3.55. The number of benzene rings is 1. The molecule has 0 aliphatic carbocycles. The van der Waals surface area contributed by atoms with E-state index in [1.54, 1.807) is 6.20 Å². The molecule has 128 valence electrons. The van der Waals surface area contributed by atoms with E-state index in [0.29, 0.717) is 5.92 Å². The summed E-state index contributed by atoms with van der Waals surface area (Å²) in [4.78, 5) is 15.1. The number of rotatable bonds is 5. The van der Waals surface area contributed by atoms with E-state index in [2.05, 4.69) is 15.0 Å². The highest BCUT2D eigenvalue weighted by atomic mass is 32.2. The molecule has 0 atom stereocenters. The first-order chi connectivity index (χ1) is 11.5. The maximum absolute atomic E-state index is 12.5. The van der Waals surface area contributed by atoms with Crippen molar-refractivity contribution in [2.75, 3.05) is 17.8 Å². The Hall–Kier alpha value is -2.04. The van der Waals surface area contributed by atoms with E-state index in [1.165, 1.54) is 29.5 Å². The number of nitrogens with zero attached hydrogens (tertiary/aromatic N) is 2. The Morgan fingerprint density at radius 1 is 1.29 bits per heavy atom. The number of anilines is 1. The Kier molecular flexibility index (Phi) is 4.78. The van der Waals surface area contributed by atoms with E-state index >= 15 is 0 Å². The molecule has 0 spiro atoms. The number of nitro benzene ring substituents is 1. The van der Waals surface area contributed by atoms with Crippen molar-refractivity contribution in [1.29, 1.82) is 0 Å². The van der Waals surface area contributed by atoms with Crippen LogP contribution in [-0.2, 0) is 10.0 Å². The van der Waals surface area contributed by atoms with Gasteiger partial charge in [-0.15, -0.1) is 11.3 Å². The fourth-order valence-electron chi connectivity index (χ4n) is 2.63. The second-order valence-electron chi connectivity index (χ2n) is 5.42. The number of piperidine rings is 1. The third-order valence-electron chi connectivity index (χ3n) is 3.84. The van der Waals surface area contributed by atoms with Gasteiger partial charge < -0.3 is 5.32 Å². The predicted octanol–water partition coefficient (Wildman–Crippen LogP) is 2.32. The highest BCUT2D eigenvalue weighted by Gasteiger charge is 2.26. The Morgan fingerprint density at radius 3 is 2.71 bits per heavy atom. The lowest BCUT2D eigenvalue weighted by Gasteiger charge is -2.20. The summed E-state index contributed by atoms with van der Waals surface area (Å²) in [7, 11) is -4.06. The summed E-state index contributed by atoms with van der Waals surface area (Å²) < 4.78 is 27.3. The van der Waals surface area contributed by atoms with Crippen molar-refractivity contribution in [3.63, 3.8) is 0 Å². The molecule has 3 rings (SSSR count). The lowest BCUT2D eigenvalue weighted by atomic mass is 9.97. The van der Waals surface area contributed by atoms with Gasteiger partial charge in [0.05, 0.1) is 4.92 Å². The van der Waals surface area contributed by atoms with E-state index in [0.717, 1.165) is 36.9 Å². The second kappa shape index (κ2) is 6.83. The molecule has 24 heavy (non-hydrogen) atoms. The summed E-state index contributed by atoms with van der Waals surface area (Å²) in [6.45, 7) is 1.86. The molecule has 0 amide bonds. The van der Waals surface area contributed by atoms with Crippen LogP contribution in [0.5, 0.6) is 0 Å². The van der Waals surface area contributed by atoms with Gasteiger partial charge >= 0.3 is 0 Å². The number of nitrogens with one attached hydrogen (secondary N) is 2. The quantitative estimate of drug-likeness (QED) is 0.618. The van der Waals surface area contributed by atoms with Crippen LogP contribution < -0.4 is 10.0 Å². The van der Waals surface area contributed by atoms with Crippen molar-refractivity contribution in [3.05, 3.63) is 45.5 Å². The van der Waals surface area contributed by atoms with Gasteiger partial charge in [0.1, 0.15) is 0 Å². The molecule has 0 bridgehead atoms. The lowest BCUT2D eigenvalue weighted by molar-refractivity contribution is -0.387. The van der Waals surface area contributed by atoms with Gasteiger partial charge in [0.25, 0.3) is 15.7 Å². The monoisotopic (exact) mass is 368 g/mol. The molecule has 0 saturated carbocycles. The van der Waals surface area contributed by atoms with Gasteiger partial charge in [-0.3, -0.25) is 14.8 Å². The molecule has 1 aromatic heterocycles. The number of hydrogen-bond acceptors (Lipinski definition) is 7. The van der Waals surface area contributed by atoms with Gasteiger partial charge in [0, 0.05) is 17.1 Å². The zero-order valence-corrected chi connectivity index (χ0v) is 14.3. The highest BCUT2D eigenvalue weighted by Crippen LogP contribution is 2.33. The summed E-state index contributed by atoms with van der Waals surface area (Å²) >= 11 is 1.28. The van der Waals surface area contributed by atoms with Crippen molar-refractivity contribution < 1.29 is 13.3 Å². The van der Waals surface area contributed by atoms with Gasteiger partial charge in [0.2, 0.25) is 0 Å². The normalized spacial score (nSPS) is 16.0. The number of para-hydroxylation sites is 1. The first-order valence-electron chi connectivity index (χ1n) is 7.40. The van der Waals surface area contributed by atoms with Crippen molar-refractivity contribution in [2.45, 2.75) is 23.7 Å². The molecular formula is C14H16N4O4S2. The number of nitro groups is 1. The Labute approximate surface area is 143 Å². The lowest BCUT2D eigenvalue weighted by Crippen LogP contribution is -2.26. The van der Waals surface area contributed by atoms with Gasteiger partial charge in [0.15, 0.2) is 10.0 Å². The number of hydrogen-bond donors (Lipinski definition) is 2. The number of thiazole rings is 1. The molecule has 8 nitrogen and oxygen atoms in total. The molecule has 1 aliphatic heterocycles. The number of aromatic nitrogens is 1. The fourth-order valence-corrected chi connectivity index (χ4v) is 5.03. The van der Waals surface area contributed by atoms with E-state index in [4.69, 9.17) is 0 Å². The van der Waals surface area contributed by atoms with E-state index in [-0.39, 0.29) is 10.0 Å². The van der Waals surface area contributed by atoms with Crippen molar-refractivity contribution in [2.24, 2.45) is 0 Å². The zero-order valence-electron chi connectivity index (χ0n) is 12.6. The van der Waals surface area contributed by atoms with Crippen molar-refractivity contribution in [1.82, 2.24) is 10.3 Å². The molecule has 2 aromatic rings. The van der Waals surface area contributed by atoms with Crippen LogP contribution in [0.1, 0.15) is 23.6 Å². The molecule has 2 heterocycles. The summed E-state index contributed by atoms with van der Waals surface area (Å²) in [5.41, 5.74) is -0.458. The molecule has 10 heteroatoms. The van der Waals surface area contributed by atoms with Crippen LogP contribution >= 0.6 is 11.3 Å². The van der Waals surface area contributed by atoms with Gasteiger partial charge in [-0.25, -0.2) is 13.4 Å². The van der Waals surface area contributed by atoms with Gasteiger partial charge in [-0.1, -0.05) is 12.1 Å². The van der Waals surface area contributed by atoms with E-state index in [9.17, 15) is 18.5 Å². The Balaban J connectivity index is 1.83. The van der Waals surface area contributed by atoms with Crippen molar-refractivity contribution >= 4 is 32.2 Å². The summed E-state index contributed by atoms with van der Waals surface area (Å²) in [5.74, 6) is 0.369. The molecule has 1 saturated heterocycles. The maximum atomic E-state index is 12.5. The topological polar surface area (TPSA) is 114 Å². The molecule has 1 fully saturated rings. The van der Waals surface area contributed by atoms with Crippen LogP contribution in [-0.4, -0.2) is 31.4 Å². The van der Waals surface area contributed by atoms with E-state index < -0.39 is 20.6 Å². The predicted molar refractivity (Wildman–Crippen MR) is 90.9 cm³/mol. The van der Waals surface area contributed by atoms with Crippen LogP contribution in [0.25, 0.3) is 0 Å². The molecule has 0 radical (unpaired) electrons.